The molecule has 6 rings (SSSR count). The molecular weight excluding hydrogens is 444 g/mol. The van der Waals surface area contributed by atoms with Gasteiger partial charge in [-0.1, -0.05) is 10.3 Å². The minimum atomic E-state index is -0.821. The zero-order chi connectivity index (χ0) is 23.1. The molecule has 4 aromatic rings. The number of piperidine rings is 1. The molecule has 34 heavy (non-hydrogen) atoms. The van der Waals surface area contributed by atoms with Crippen LogP contribution >= 0.6 is 0 Å². The van der Waals surface area contributed by atoms with E-state index in [1.807, 2.05) is 0 Å². The summed E-state index contributed by atoms with van der Waals surface area (Å²) in [6.07, 6.45) is 8.05. The molecule has 0 saturated carbocycles. The summed E-state index contributed by atoms with van der Waals surface area (Å²) in [6.45, 7) is 1.59. The van der Waals surface area contributed by atoms with Gasteiger partial charge in [-0.3, -0.25) is 5.10 Å². The maximum Gasteiger partial charge on any atom is 0.318 e. The van der Waals surface area contributed by atoms with Gasteiger partial charge in [-0.2, -0.15) is 0 Å². The Balaban J connectivity index is 1.07. The standard InChI is InChI=1S/C22H21F2N9O/c23-17-7-13-5-16(6-14(13)8-18(17)24)28-21-25-9-15(10-26-21)20-30-31-22(34-20)33-3-1-12(2-4-33)19-11-27-32-29-19/h7-12,16H,1-6H2,(H,25,26,28)(H,27,29,32). The van der Waals surface area contributed by atoms with E-state index in [0.717, 1.165) is 42.8 Å². The van der Waals surface area contributed by atoms with E-state index in [1.165, 1.54) is 12.1 Å². The molecule has 1 aliphatic carbocycles. The van der Waals surface area contributed by atoms with Gasteiger partial charge in [0.05, 0.1) is 17.5 Å². The summed E-state index contributed by atoms with van der Waals surface area (Å²) >= 11 is 0. The second kappa shape index (κ2) is 8.43. The number of aromatic nitrogens is 7. The molecule has 0 spiro atoms. The number of benzene rings is 1. The van der Waals surface area contributed by atoms with E-state index in [9.17, 15) is 8.78 Å². The number of hydrogen-bond acceptors (Lipinski definition) is 9. The number of nitrogens with one attached hydrogen (secondary N) is 2. The smallest absolute Gasteiger partial charge is 0.318 e. The van der Waals surface area contributed by atoms with Gasteiger partial charge in [0.1, 0.15) is 0 Å². The molecule has 1 aliphatic heterocycles. The highest BCUT2D eigenvalue weighted by Gasteiger charge is 2.26. The minimum absolute atomic E-state index is 0.0301. The summed E-state index contributed by atoms with van der Waals surface area (Å²) in [4.78, 5) is 10.8. The highest BCUT2D eigenvalue weighted by molar-refractivity contribution is 5.52. The third-order valence-electron chi connectivity index (χ3n) is 6.46. The van der Waals surface area contributed by atoms with E-state index in [0.29, 0.717) is 42.2 Å². The molecule has 2 aliphatic rings. The summed E-state index contributed by atoms with van der Waals surface area (Å²) in [5, 5.41) is 22.2. The molecule has 174 valence electrons. The lowest BCUT2D eigenvalue weighted by molar-refractivity contribution is 0.456. The predicted octanol–water partition coefficient (Wildman–Crippen LogP) is 2.89. The zero-order valence-electron chi connectivity index (χ0n) is 18.1. The quantitative estimate of drug-likeness (QED) is 0.458. The molecule has 2 N–H and O–H groups in total. The van der Waals surface area contributed by atoms with Gasteiger partial charge in [0.15, 0.2) is 11.6 Å². The fraction of sp³-hybridized carbons (Fsp3) is 0.364. The van der Waals surface area contributed by atoms with Crippen LogP contribution in [0.5, 0.6) is 0 Å². The van der Waals surface area contributed by atoms with Gasteiger partial charge in [0, 0.05) is 37.4 Å². The topological polar surface area (TPSA) is 122 Å². The first-order valence-corrected chi connectivity index (χ1v) is 11.1. The highest BCUT2D eigenvalue weighted by atomic mass is 19.2. The molecule has 4 heterocycles. The second-order valence-electron chi connectivity index (χ2n) is 8.64. The summed E-state index contributed by atoms with van der Waals surface area (Å²) < 4.78 is 32.8. The van der Waals surface area contributed by atoms with E-state index >= 15 is 0 Å². The van der Waals surface area contributed by atoms with Gasteiger partial charge in [0.2, 0.25) is 5.95 Å². The fourth-order valence-electron chi connectivity index (χ4n) is 4.65. The molecule has 0 atom stereocenters. The number of hydrogen-bond donors (Lipinski definition) is 2. The molecule has 0 unspecified atom stereocenters. The summed E-state index contributed by atoms with van der Waals surface area (Å²) in [5.41, 5.74) is 3.27. The molecule has 0 amide bonds. The number of aromatic amines is 1. The van der Waals surface area contributed by atoms with Crippen molar-refractivity contribution in [3.05, 3.63) is 59.2 Å². The van der Waals surface area contributed by atoms with Crippen LogP contribution in [0.4, 0.5) is 20.7 Å². The van der Waals surface area contributed by atoms with Gasteiger partial charge >= 0.3 is 6.01 Å². The first-order valence-electron chi connectivity index (χ1n) is 11.1. The fourth-order valence-corrected chi connectivity index (χ4v) is 4.65. The molecule has 3 aromatic heterocycles. The van der Waals surface area contributed by atoms with Crippen LogP contribution < -0.4 is 10.2 Å². The molecule has 1 aromatic carbocycles. The van der Waals surface area contributed by atoms with Crippen LogP contribution in [0.2, 0.25) is 0 Å². The van der Waals surface area contributed by atoms with Gasteiger partial charge in [0.25, 0.3) is 5.89 Å². The van der Waals surface area contributed by atoms with Crippen LogP contribution in [0.15, 0.2) is 35.1 Å². The van der Waals surface area contributed by atoms with Crippen molar-refractivity contribution >= 4 is 12.0 Å². The van der Waals surface area contributed by atoms with E-state index < -0.39 is 11.6 Å². The lowest BCUT2D eigenvalue weighted by atomic mass is 9.94. The number of rotatable bonds is 5. The van der Waals surface area contributed by atoms with Gasteiger partial charge < -0.3 is 14.6 Å². The van der Waals surface area contributed by atoms with Crippen LogP contribution in [0, 0.1) is 11.6 Å². The van der Waals surface area contributed by atoms with Gasteiger partial charge in [-0.05, 0) is 48.9 Å². The lowest BCUT2D eigenvalue weighted by Crippen LogP contribution is -2.33. The average Bonchev–Trinajstić information content (AvgIpc) is 3.61. The summed E-state index contributed by atoms with van der Waals surface area (Å²) in [6, 6.07) is 2.97. The van der Waals surface area contributed by atoms with Crippen molar-refractivity contribution in [2.75, 3.05) is 23.3 Å². The number of nitrogens with zero attached hydrogens (tertiary/aromatic N) is 7. The Hall–Kier alpha value is -3.96. The first-order chi connectivity index (χ1) is 16.6. The van der Waals surface area contributed by atoms with Crippen molar-refractivity contribution in [2.45, 2.75) is 37.6 Å². The monoisotopic (exact) mass is 465 g/mol. The van der Waals surface area contributed by atoms with Crippen LogP contribution in [0.25, 0.3) is 11.5 Å². The second-order valence-corrected chi connectivity index (χ2v) is 8.64. The Morgan fingerprint density at radius 1 is 0.971 bits per heavy atom. The number of H-pyrrole nitrogens is 1. The van der Waals surface area contributed by atoms with E-state index in [4.69, 9.17) is 4.42 Å². The summed E-state index contributed by atoms with van der Waals surface area (Å²) in [7, 11) is 0. The van der Waals surface area contributed by atoms with Crippen molar-refractivity contribution < 1.29 is 13.2 Å². The molecule has 12 heteroatoms. The molecular formula is C22H21F2N9O. The van der Waals surface area contributed by atoms with Gasteiger partial charge in [-0.25, -0.2) is 18.7 Å². The Kier molecular flexibility index (Phi) is 5.12. The van der Waals surface area contributed by atoms with E-state index in [2.05, 4.69) is 45.8 Å². The molecule has 10 nitrogen and oxygen atoms in total. The third kappa shape index (κ3) is 3.95. The summed E-state index contributed by atoms with van der Waals surface area (Å²) in [5.74, 6) is -0.470. The maximum absolute atomic E-state index is 13.5. The molecule has 0 bridgehead atoms. The van der Waals surface area contributed by atoms with Crippen LogP contribution in [-0.2, 0) is 12.8 Å². The Bertz CT molecular complexity index is 1250. The van der Waals surface area contributed by atoms with Crippen LogP contribution in [0.3, 0.4) is 0 Å². The number of fused-ring (bicyclic) bond motifs is 1. The van der Waals surface area contributed by atoms with Crippen molar-refractivity contribution in [1.29, 1.82) is 0 Å². The predicted molar refractivity (Wildman–Crippen MR) is 117 cm³/mol. The Morgan fingerprint density at radius 2 is 1.68 bits per heavy atom. The maximum atomic E-state index is 13.5. The van der Waals surface area contributed by atoms with Crippen molar-refractivity contribution in [2.24, 2.45) is 0 Å². The highest BCUT2D eigenvalue weighted by Crippen LogP contribution is 2.30. The SMILES string of the molecule is Fc1cc2c(cc1F)CC(Nc1ncc(-c3nnc(N4CCC(c5cnn[nH]5)CC4)o3)cn1)C2. The van der Waals surface area contributed by atoms with Crippen molar-refractivity contribution in [3.8, 4) is 11.5 Å². The molecule has 1 fully saturated rings. The zero-order valence-corrected chi connectivity index (χ0v) is 18.1. The van der Waals surface area contributed by atoms with E-state index in [-0.39, 0.29) is 6.04 Å². The first kappa shape index (κ1) is 20.6. The number of halogens is 2. The van der Waals surface area contributed by atoms with Crippen molar-refractivity contribution in [3.63, 3.8) is 0 Å². The van der Waals surface area contributed by atoms with Crippen LogP contribution in [0.1, 0.15) is 35.6 Å². The Labute approximate surface area is 192 Å². The molecule has 1 saturated heterocycles. The third-order valence-corrected chi connectivity index (χ3v) is 6.46. The minimum Gasteiger partial charge on any atom is -0.403 e. The van der Waals surface area contributed by atoms with Crippen molar-refractivity contribution in [1.82, 2.24) is 35.6 Å². The van der Waals surface area contributed by atoms with E-state index in [1.54, 1.807) is 18.6 Å². The largest absolute Gasteiger partial charge is 0.403 e. The van der Waals surface area contributed by atoms with Crippen LogP contribution in [-0.4, -0.2) is 54.7 Å². The number of anilines is 2. The molecule has 0 radical (unpaired) electrons. The Morgan fingerprint density at radius 3 is 2.32 bits per heavy atom. The van der Waals surface area contributed by atoms with Gasteiger partial charge in [-0.15, -0.1) is 10.2 Å². The average molecular weight is 465 g/mol. The lowest BCUT2D eigenvalue weighted by Gasteiger charge is -2.29. The normalized spacial score (nSPS) is 16.7.